The predicted molar refractivity (Wildman–Crippen MR) is 57.7 cm³/mol. The van der Waals surface area contributed by atoms with Crippen LogP contribution in [0.1, 0.15) is 30.1 Å². The first-order valence-electron chi connectivity index (χ1n) is 5.31. The van der Waals surface area contributed by atoms with Gasteiger partial charge in [-0.1, -0.05) is 6.07 Å². The van der Waals surface area contributed by atoms with Gasteiger partial charge in [-0.15, -0.1) is 0 Å². The van der Waals surface area contributed by atoms with Crippen LogP contribution in [-0.4, -0.2) is 20.6 Å². The number of fused-ring (bicyclic) bond motifs is 1. The number of hydrogen-bond donors (Lipinski definition) is 1. The molecule has 1 saturated carbocycles. The molecule has 78 valence electrons. The maximum Gasteiger partial charge on any atom is 0.155 e. The van der Waals surface area contributed by atoms with Crippen LogP contribution in [-0.2, 0) is 0 Å². The number of pyridine rings is 1. The second-order valence-corrected chi connectivity index (χ2v) is 4.41. The molecule has 0 atom stereocenters. The van der Waals surface area contributed by atoms with Crippen molar-refractivity contribution in [1.29, 1.82) is 0 Å². The van der Waals surface area contributed by atoms with Gasteiger partial charge in [0.15, 0.2) is 11.5 Å². The highest BCUT2D eigenvalue weighted by Gasteiger charge is 2.30. The number of aryl methyl sites for hydroxylation is 1. The van der Waals surface area contributed by atoms with E-state index in [1.165, 1.54) is 5.56 Å². The first-order chi connectivity index (χ1) is 7.22. The molecule has 0 unspecified atom stereocenters. The van der Waals surface area contributed by atoms with Gasteiger partial charge in [-0.2, -0.15) is 5.10 Å². The Morgan fingerprint density at radius 3 is 2.93 bits per heavy atom. The van der Waals surface area contributed by atoms with Crippen LogP contribution in [0.4, 0.5) is 0 Å². The number of nitrogens with two attached hydrogens (primary N) is 1. The molecule has 2 N–H and O–H groups in total. The molecule has 0 saturated heterocycles. The quantitative estimate of drug-likeness (QED) is 0.757. The van der Waals surface area contributed by atoms with Crippen molar-refractivity contribution in [3.05, 3.63) is 29.7 Å². The van der Waals surface area contributed by atoms with Gasteiger partial charge in [0, 0.05) is 18.2 Å². The van der Waals surface area contributed by atoms with Crippen LogP contribution < -0.4 is 5.73 Å². The fourth-order valence-electron chi connectivity index (χ4n) is 2.05. The van der Waals surface area contributed by atoms with Crippen molar-refractivity contribution >= 4 is 5.65 Å². The van der Waals surface area contributed by atoms with Gasteiger partial charge in [0.1, 0.15) is 0 Å². The van der Waals surface area contributed by atoms with E-state index in [0.29, 0.717) is 12.0 Å². The summed E-state index contributed by atoms with van der Waals surface area (Å²) in [5.74, 6) is 1.42. The SMILES string of the molecule is Cc1ccc2nc(C3CC(N)C3)nn2c1. The van der Waals surface area contributed by atoms with E-state index in [2.05, 4.69) is 23.1 Å². The number of hydrogen-bond acceptors (Lipinski definition) is 3. The van der Waals surface area contributed by atoms with E-state index in [4.69, 9.17) is 5.73 Å². The van der Waals surface area contributed by atoms with Gasteiger partial charge < -0.3 is 5.73 Å². The van der Waals surface area contributed by atoms with Crippen molar-refractivity contribution in [2.24, 2.45) is 5.73 Å². The lowest BCUT2D eigenvalue weighted by Crippen LogP contribution is -2.35. The number of aromatic nitrogens is 3. The summed E-state index contributed by atoms with van der Waals surface area (Å²) in [5.41, 5.74) is 7.89. The molecule has 1 fully saturated rings. The first kappa shape index (κ1) is 8.85. The van der Waals surface area contributed by atoms with Crippen molar-refractivity contribution in [1.82, 2.24) is 14.6 Å². The van der Waals surface area contributed by atoms with Crippen molar-refractivity contribution in [2.45, 2.75) is 31.7 Å². The van der Waals surface area contributed by atoms with Crippen LogP contribution in [0.3, 0.4) is 0 Å². The Bertz CT molecular complexity index is 496. The van der Waals surface area contributed by atoms with Gasteiger partial charge in [-0.25, -0.2) is 9.50 Å². The molecule has 2 aromatic heterocycles. The summed E-state index contributed by atoms with van der Waals surface area (Å²) in [4.78, 5) is 4.51. The minimum atomic E-state index is 0.350. The molecule has 1 aliphatic rings. The molecule has 0 spiro atoms. The topological polar surface area (TPSA) is 56.2 Å². The van der Waals surface area contributed by atoms with Crippen molar-refractivity contribution in [3.63, 3.8) is 0 Å². The average Bonchev–Trinajstić information content (AvgIpc) is 2.55. The molecule has 0 amide bonds. The van der Waals surface area contributed by atoms with Crippen LogP contribution in [0.5, 0.6) is 0 Å². The summed E-state index contributed by atoms with van der Waals surface area (Å²) in [6, 6.07) is 4.41. The zero-order valence-corrected chi connectivity index (χ0v) is 8.72. The molecule has 0 aliphatic heterocycles. The van der Waals surface area contributed by atoms with E-state index in [1.54, 1.807) is 0 Å². The molecule has 0 aromatic carbocycles. The van der Waals surface area contributed by atoms with Gasteiger partial charge in [0.05, 0.1) is 0 Å². The van der Waals surface area contributed by atoms with Crippen LogP contribution in [0.2, 0.25) is 0 Å². The summed E-state index contributed by atoms with van der Waals surface area (Å²) in [6.45, 7) is 2.06. The third-order valence-corrected chi connectivity index (χ3v) is 3.03. The van der Waals surface area contributed by atoms with E-state index in [1.807, 2.05) is 16.8 Å². The highest BCUT2D eigenvalue weighted by atomic mass is 15.3. The zero-order valence-electron chi connectivity index (χ0n) is 8.72. The maximum atomic E-state index is 5.76. The monoisotopic (exact) mass is 202 g/mol. The molecule has 2 heterocycles. The molecule has 3 rings (SSSR count). The Hall–Kier alpha value is -1.42. The van der Waals surface area contributed by atoms with Crippen LogP contribution in [0, 0.1) is 6.92 Å². The maximum absolute atomic E-state index is 5.76. The van der Waals surface area contributed by atoms with Gasteiger partial charge in [0.25, 0.3) is 0 Å². The van der Waals surface area contributed by atoms with E-state index in [-0.39, 0.29) is 0 Å². The van der Waals surface area contributed by atoms with Gasteiger partial charge in [-0.05, 0) is 31.4 Å². The smallest absolute Gasteiger partial charge is 0.155 e. The molecule has 0 bridgehead atoms. The fourth-order valence-corrected chi connectivity index (χ4v) is 2.05. The average molecular weight is 202 g/mol. The summed E-state index contributed by atoms with van der Waals surface area (Å²) in [6.07, 6.45) is 4.05. The first-order valence-corrected chi connectivity index (χ1v) is 5.31. The summed E-state index contributed by atoms with van der Waals surface area (Å²) in [7, 11) is 0. The van der Waals surface area contributed by atoms with Crippen LogP contribution in [0.25, 0.3) is 5.65 Å². The van der Waals surface area contributed by atoms with Crippen molar-refractivity contribution in [2.75, 3.05) is 0 Å². The lowest BCUT2D eigenvalue weighted by molar-refractivity contribution is 0.338. The molecular weight excluding hydrogens is 188 g/mol. The standard InChI is InChI=1S/C11H14N4/c1-7-2-3-10-13-11(14-15(10)6-7)8-4-9(12)5-8/h2-3,6,8-9H,4-5,12H2,1H3. The summed E-state index contributed by atoms with van der Waals surface area (Å²) < 4.78 is 1.86. The second kappa shape index (κ2) is 3.03. The minimum Gasteiger partial charge on any atom is -0.328 e. The van der Waals surface area contributed by atoms with Gasteiger partial charge >= 0.3 is 0 Å². The Morgan fingerprint density at radius 2 is 2.20 bits per heavy atom. The van der Waals surface area contributed by atoms with E-state index in [0.717, 1.165) is 24.3 Å². The summed E-state index contributed by atoms with van der Waals surface area (Å²) in [5, 5.41) is 4.48. The normalized spacial score (nSPS) is 25.5. The Kier molecular flexibility index (Phi) is 1.79. The lowest BCUT2D eigenvalue weighted by Gasteiger charge is -2.29. The third-order valence-electron chi connectivity index (χ3n) is 3.03. The molecule has 0 radical (unpaired) electrons. The van der Waals surface area contributed by atoms with Crippen LogP contribution in [0.15, 0.2) is 18.3 Å². The third kappa shape index (κ3) is 1.41. The Morgan fingerprint density at radius 1 is 1.40 bits per heavy atom. The Labute approximate surface area is 88.1 Å². The van der Waals surface area contributed by atoms with Crippen molar-refractivity contribution < 1.29 is 0 Å². The molecular formula is C11H14N4. The highest BCUT2D eigenvalue weighted by Crippen LogP contribution is 2.33. The Balaban J connectivity index is 1.99. The molecule has 2 aromatic rings. The molecule has 1 aliphatic carbocycles. The van der Waals surface area contributed by atoms with E-state index in [9.17, 15) is 0 Å². The highest BCUT2D eigenvalue weighted by molar-refractivity contribution is 5.39. The summed E-state index contributed by atoms with van der Waals surface area (Å²) >= 11 is 0. The van der Waals surface area contributed by atoms with E-state index < -0.39 is 0 Å². The van der Waals surface area contributed by atoms with Gasteiger partial charge in [-0.3, -0.25) is 0 Å². The van der Waals surface area contributed by atoms with E-state index >= 15 is 0 Å². The predicted octanol–water partition coefficient (Wildman–Crippen LogP) is 1.24. The molecule has 15 heavy (non-hydrogen) atoms. The van der Waals surface area contributed by atoms with Crippen molar-refractivity contribution in [3.8, 4) is 0 Å². The number of rotatable bonds is 1. The van der Waals surface area contributed by atoms with Gasteiger partial charge in [0.2, 0.25) is 0 Å². The molecule has 4 nitrogen and oxygen atoms in total. The van der Waals surface area contributed by atoms with Crippen LogP contribution >= 0.6 is 0 Å². The minimum absolute atomic E-state index is 0.350. The largest absolute Gasteiger partial charge is 0.328 e. The zero-order chi connectivity index (χ0) is 10.4. The second-order valence-electron chi connectivity index (χ2n) is 4.41. The molecule has 4 heteroatoms. The fraction of sp³-hybridized carbons (Fsp3) is 0.455. The number of nitrogens with zero attached hydrogens (tertiary/aromatic N) is 3. The lowest BCUT2D eigenvalue weighted by atomic mass is 9.80.